The van der Waals surface area contributed by atoms with E-state index in [4.69, 9.17) is 0 Å². The molecule has 1 saturated heterocycles. The molecule has 0 unspecified atom stereocenters. The van der Waals surface area contributed by atoms with Crippen LogP contribution in [0.3, 0.4) is 0 Å². The number of carboxylic acids is 1. The van der Waals surface area contributed by atoms with Crippen molar-refractivity contribution in [1.82, 2.24) is 5.32 Å². The Kier molecular flexibility index (Phi) is 3.79. The summed E-state index contributed by atoms with van der Waals surface area (Å²) in [6.45, 7) is 2.95. The lowest BCUT2D eigenvalue weighted by Crippen LogP contribution is -2.31. The number of hydrogen-bond acceptors (Lipinski definition) is 2. The summed E-state index contributed by atoms with van der Waals surface area (Å²) in [6.07, 6.45) is 2.82. The summed E-state index contributed by atoms with van der Waals surface area (Å²) in [7, 11) is 0. The van der Waals surface area contributed by atoms with E-state index in [0.717, 1.165) is 36.9 Å². The zero-order chi connectivity index (χ0) is 12.3. The van der Waals surface area contributed by atoms with Gasteiger partial charge >= 0.3 is 5.97 Å². The van der Waals surface area contributed by atoms with Gasteiger partial charge in [-0.05, 0) is 37.4 Å². The Morgan fingerprint density at radius 2 is 2.12 bits per heavy atom. The van der Waals surface area contributed by atoms with Crippen LogP contribution in [0.2, 0.25) is 0 Å². The van der Waals surface area contributed by atoms with E-state index in [9.17, 15) is 9.90 Å². The predicted molar refractivity (Wildman–Crippen MR) is 66.9 cm³/mol. The number of nitrogens with one attached hydrogen (secondary N) is 1. The average Bonchev–Trinajstić information content (AvgIpc) is 2.55. The second-order valence-electron chi connectivity index (χ2n) is 4.73. The fourth-order valence-corrected chi connectivity index (χ4v) is 2.58. The Bertz CT molecular complexity index is 403. The lowest BCUT2D eigenvalue weighted by atomic mass is 9.88. The van der Waals surface area contributed by atoms with Crippen LogP contribution >= 0.6 is 0 Å². The molecule has 3 nitrogen and oxygen atoms in total. The van der Waals surface area contributed by atoms with Crippen molar-refractivity contribution in [1.29, 1.82) is 0 Å². The van der Waals surface area contributed by atoms with Crippen molar-refractivity contribution >= 4 is 5.97 Å². The Morgan fingerprint density at radius 3 is 2.82 bits per heavy atom. The van der Waals surface area contributed by atoms with Gasteiger partial charge in [0.05, 0.1) is 5.92 Å². The minimum atomic E-state index is -0.687. The summed E-state index contributed by atoms with van der Waals surface area (Å²) >= 11 is 0. The van der Waals surface area contributed by atoms with Crippen LogP contribution in [0.5, 0.6) is 0 Å². The van der Waals surface area contributed by atoms with Crippen molar-refractivity contribution in [3.8, 4) is 0 Å². The van der Waals surface area contributed by atoms with Gasteiger partial charge in [0, 0.05) is 6.04 Å². The topological polar surface area (TPSA) is 49.3 Å². The van der Waals surface area contributed by atoms with Crippen LogP contribution in [0, 0.1) is 12.8 Å². The van der Waals surface area contributed by atoms with Crippen LogP contribution in [0.25, 0.3) is 0 Å². The van der Waals surface area contributed by atoms with Crippen molar-refractivity contribution in [2.75, 3.05) is 6.54 Å². The number of carboxylic acid groups (broad SMARTS) is 1. The van der Waals surface area contributed by atoms with Crippen molar-refractivity contribution in [2.45, 2.75) is 32.2 Å². The summed E-state index contributed by atoms with van der Waals surface area (Å²) in [4.78, 5) is 11.4. The van der Waals surface area contributed by atoms with Crippen molar-refractivity contribution in [2.24, 2.45) is 5.92 Å². The first-order valence-corrected chi connectivity index (χ1v) is 6.22. The fraction of sp³-hybridized carbons (Fsp3) is 0.500. The molecule has 92 valence electrons. The molecule has 0 saturated carbocycles. The van der Waals surface area contributed by atoms with E-state index in [0.29, 0.717) is 0 Å². The highest BCUT2D eigenvalue weighted by Gasteiger charge is 2.30. The molecule has 0 aliphatic carbocycles. The van der Waals surface area contributed by atoms with Crippen molar-refractivity contribution < 1.29 is 9.90 Å². The molecular formula is C14H19NO2. The van der Waals surface area contributed by atoms with Crippen molar-refractivity contribution in [3.63, 3.8) is 0 Å². The van der Waals surface area contributed by atoms with E-state index in [-0.39, 0.29) is 12.0 Å². The quantitative estimate of drug-likeness (QED) is 0.825. The lowest BCUT2D eigenvalue weighted by Gasteiger charge is -2.24. The van der Waals surface area contributed by atoms with Crippen LogP contribution in [-0.2, 0) is 4.79 Å². The minimum absolute atomic E-state index is 0.0452. The molecule has 17 heavy (non-hydrogen) atoms. The number of benzene rings is 1. The second-order valence-corrected chi connectivity index (χ2v) is 4.73. The van der Waals surface area contributed by atoms with Gasteiger partial charge in [-0.1, -0.05) is 30.7 Å². The summed E-state index contributed by atoms with van der Waals surface area (Å²) in [5, 5.41) is 12.7. The first-order valence-electron chi connectivity index (χ1n) is 6.22. The van der Waals surface area contributed by atoms with Gasteiger partial charge in [0.2, 0.25) is 0 Å². The first-order chi connectivity index (χ1) is 8.20. The summed E-state index contributed by atoms with van der Waals surface area (Å²) in [5.41, 5.74) is 2.29. The summed E-state index contributed by atoms with van der Waals surface area (Å²) in [5.74, 6) is -0.994. The lowest BCUT2D eigenvalue weighted by molar-refractivity contribution is -0.143. The number of aliphatic carboxylic acids is 1. The van der Waals surface area contributed by atoms with Gasteiger partial charge in [0.1, 0.15) is 0 Å². The number of carbonyl (C=O) groups is 1. The van der Waals surface area contributed by atoms with Gasteiger partial charge in [0.15, 0.2) is 0 Å². The minimum Gasteiger partial charge on any atom is -0.481 e. The van der Waals surface area contributed by atoms with Gasteiger partial charge in [0.25, 0.3) is 0 Å². The number of hydrogen-bond donors (Lipinski definition) is 2. The van der Waals surface area contributed by atoms with Crippen molar-refractivity contribution in [3.05, 3.63) is 35.4 Å². The monoisotopic (exact) mass is 233 g/mol. The van der Waals surface area contributed by atoms with Crippen LogP contribution in [-0.4, -0.2) is 17.6 Å². The molecule has 2 rings (SSSR count). The van der Waals surface area contributed by atoms with E-state index < -0.39 is 5.97 Å². The third-order valence-electron chi connectivity index (χ3n) is 3.55. The molecule has 2 atom stereocenters. The molecule has 1 aromatic rings. The van der Waals surface area contributed by atoms with Crippen LogP contribution in [0.15, 0.2) is 24.3 Å². The highest BCUT2D eigenvalue weighted by Crippen LogP contribution is 2.30. The SMILES string of the molecule is Cc1ccccc1[C@H]1NCCCC[C@@H]1C(=O)O. The molecule has 1 aliphatic heterocycles. The predicted octanol–water partition coefficient (Wildman–Crippen LogP) is 2.51. The first kappa shape index (κ1) is 12.1. The maximum absolute atomic E-state index is 11.4. The highest BCUT2D eigenvalue weighted by atomic mass is 16.4. The van der Waals surface area contributed by atoms with Crippen LogP contribution in [0.4, 0.5) is 0 Å². The smallest absolute Gasteiger partial charge is 0.308 e. The molecule has 3 heteroatoms. The third-order valence-corrected chi connectivity index (χ3v) is 3.55. The zero-order valence-electron chi connectivity index (χ0n) is 10.1. The van der Waals surface area contributed by atoms with E-state index in [2.05, 4.69) is 5.32 Å². The molecule has 0 radical (unpaired) electrons. The summed E-state index contributed by atoms with van der Waals surface area (Å²) < 4.78 is 0. The van der Waals surface area contributed by atoms with Gasteiger partial charge in [-0.3, -0.25) is 4.79 Å². The molecule has 0 aromatic heterocycles. The molecule has 0 spiro atoms. The molecule has 0 amide bonds. The largest absolute Gasteiger partial charge is 0.481 e. The van der Waals surface area contributed by atoms with Crippen LogP contribution in [0.1, 0.15) is 36.4 Å². The van der Waals surface area contributed by atoms with Crippen LogP contribution < -0.4 is 5.32 Å². The van der Waals surface area contributed by atoms with Gasteiger partial charge in [-0.25, -0.2) is 0 Å². The standard InChI is InChI=1S/C14H19NO2/c1-10-6-2-3-7-11(10)13-12(14(16)17)8-4-5-9-15-13/h2-3,6-7,12-13,15H,4-5,8-9H2,1H3,(H,16,17)/t12-,13+/m0/s1. The maximum atomic E-state index is 11.4. The third kappa shape index (κ3) is 2.67. The van der Waals surface area contributed by atoms with Gasteiger partial charge < -0.3 is 10.4 Å². The Morgan fingerprint density at radius 1 is 1.35 bits per heavy atom. The second kappa shape index (κ2) is 5.32. The molecule has 1 aliphatic rings. The fourth-order valence-electron chi connectivity index (χ4n) is 2.58. The van der Waals surface area contributed by atoms with E-state index in [1.165, 1.54) is 0 Å². The zero-order valence-corrected chi connectivity index (χ0v) is 10.1. The molecule has 0 bridgehead atoms. The Labute approximate surface area is 102 Å². The summed E-state index contributed by atoms with van der Waals surface area (Å²) in [6, 6.07) is 8.00. The molecular weight excluding hydrogens is 214 g/mol. The van der Waals surface area contributed by atoms with E-state index in [1.54, 1.807) is 0 Å². The molecule has 1 fully saturated rings. The number of aryl methyl sites for hydroxylation is 1. The molecule has 1 aromatic carbocycles. The van der Waals surface area contributed by atoms with Gasteiger partial charge in [-0.15, -0.1) is 0 Å². The van der Waals surface area contributed by atoms with Gasteiger partial charge in [-0.2, -0.15) is 0 Å². The van der Waals surface area contributed by atoms with E-state index >= 15 is 0 Å². The maximum Gasteiger partial charge on any atom is 0.308 e. The van der Waals surface area contributed by atoms with E-state index in [1.807, 2.05) is 31.2 Å². The highest BCUT2D eigenvalue weighted by molar-refractivity contribution is 5.71. The Hall–Kier alpha value is -1.35. The number of rotatable bonds is 2. The normalized spacial score (nSPS) is 25.2. The average molecular weight is 233 g/mol. The Balaban J connectivity index is 2.32. The molecule has 1 heterocycles. The molecule has 2 N–H and O–H groups in total.